The van der Waals surface area contributed by atoms with Crippen molar-refractivity contribution in [2.45, 2.75) is 0 Å². The quantitative estimate of drug-likeness (QED) is 0.671. The third-order valence-corrected chi connectivity index (χ3v) is 3.00. The first kappa shape index (κ1) is 14.1. The smallest absolute Gasteiger partial charge is 0.340 e. The van der Waals surface area contributed by atoms with Gasteiger partial charge >= 0.3 is 5.97 Å². The highest BCUT2D eigenvalue weighted by molar-refractivity contribution is 6.30. The van der Waals surface area contributed by atoms with Gasteiger partial charge in [0, 0.05) is 5.69 Å². The van der Waals surface area contributed by atoms with Gasteiger partial charge in [0.15, 0.2) is 0 Å². The zero-order valence-corrected chi connectivity index (χ0v) is 11.4. The Bertz CT molecular complexity index is 662. The summed E-state index contributed by atoms with van der Waals surface area (Å²) >= 11 is 5.62. The summed E-state index contributed by atoms with van der Waals surface area (Å²) in [6.07, 6.45) is 0. The number of hydrogen-bond acceptors (Lipinski definition) is 4. The van der Waals surface area contributed by atoms with Crippen LogP contribution in [0.3, 0.4) is 0 Å². The zero-order valence-electron chi connectivity index (χ0n) is 10.6. The van der Waals surface area contributed by atoms with Crippen LogP contribution in [0.4, 0.5) is 21.5 Å². The lowest BCUT2D eigenvalue weighted by Crippen LogP contribution is -2.08. The lowest BCUT2D eigenvalue weighted by molar-refractivity contribution is 0.0602. The van der Waals surface area contributed by atoms with E-state index < -0.39 is 11.8 Å². The van der Waals surface area contributed by atoms with Gasteiger partial charge in [-0.1, -0.05) is 17.7 Å². The van der Waals surface area contributed by atoms with Gasteiger partial charge < -0.3 is 15.8 Å². The van der Waals surface area contributed by atoms with Crippen LogP contribution in [-0.4, -0.2) is 13.1 Å². The van der Waals surface area contributed by atoms with Crippen LogP contribution in [0, 0.1) is 5.82 Å². The molecule has 0 amide bonds. The number of nitrogens with two attached hydrogens (primary N) is 1. The van der Waals surface area contributed by atoms with Gasteiger partial charge in [0.1, 0.15) is 5.82 Å². The molecule has 0 fully saturated rings. The van der Waals surface area contributed by atoms with Crippen LogP contribution >= 0.6 is 11.6 Å². The van der Waals surface area contributed by atoms with Crippen molar-refractivity contribution in [3.63, 3.8) is 0 Å². The molecule has 0 saturated carbocycles. The van der Waals surface area contributed by atoms with Crippen LogP contribution in [0.15, 0.2) is 36.4 Å². The maximum atomic E-state index is 13.4. The van der Waals surface area contributed by atoms with E-state index in [-0.39, 0.29) is 10.6 Å². The number of methoxy groups -OCH3 is 1. The Morgan fingerprint density at radius 2 is 2.10 bits per heavy atom. The Kier molecular flexibility index (Phi) is 4.10. The molecule has 6 heteroatoms. The lowest BCUT2D eigenvalue weighted by atomic mass is 10.1. The minimum absolute atomic E-state index is 0.0183. The van der Waals surface area contributed by atoms with Crippen molar-refractivity contribution < 1.29 is 13.9 Å². The van der Waals surface area contributed by atoms with Crippen LogP contribution in [0.1, 0.15) is 10.4 Å². The van der Waals surface area contributed by atoms with Crippen LogP contribution in [0.5, 0.6) is 0 Å². The summed E-state index contributed by atoms with van der Waals surface area (Å²) in [6.45, 7) is 0. The van der Waals surface area contributed by atoms with Gasteiger partial charge in [0.2, 0.25) is 0 Å². The van der Waals surface area contributed by atoms with Gasteiger partial charge in [0.05, 0.1) is 29.1 Å². The van der Waals surface area contributed by atoms with Crippen molar-refractivity contribution in [3.05, 3.63) is 52.8 Å². The molecule has 0 bridgehead atoms. The number of carbonyl (C=O) groups is 1. The van der Waals surface area contributed by atoms with Crippen LogP contribution in [0.25, 0.3) is 0 Å². The molecule has 0 spiro atoms. The number of ether oxygens (including phenoxy) is 1. The largest absolute Gasteiger partial charge is 0.465 e. The maximum Gasteiger partial charge on any atom is 0.340 e. The number of nitrogens with one attached hydrogen (secondary N) is 1. The van der Waals surface area contributed by atoms with E-state index in [2.05, 4.69) is 10.1 Å². The Balaban J connectivity index is 2.42. The Hall–Kier alpha value is -2.27. The Morgan fingerprint density at radius 1 is 1.35 bits per heavy atom. The number of rotatable bonds is 3. The molecular formula is C14H12ClFN2O2. The van der Waals surface area contributed by atoms with E-state index >= 15 is 0 Å². The molecule has 0 radical (unpaired) electrons. The van der Waals surface area contributed by atoms with Gasteiger partial charge in [0.25, 0.3) is 0 Å². The summed E-state index contributed by atoms with van der Waals surface area (Å²) < 4.78 is 18.1. The van der Waals surface area contributed by atoms with Crippen molar-refractivity contribution in [1.82, 2.24) is 0 Å². The second-order valence-corrected chi connectivity index (χ2v) is 4.42. The summed E-state index contributed by atoms with van der Waals surface area (Å²) in [6, 6.07) is 9.04. The molecular weight excluding hydrogens is 283 g/mol. The number of nitrogen functional groups attached to an aromatic ring is 1. The first-order valence-electron chi connectivity index (χ1n) is 5.72. The first-order valence-corrected chi connectivity index (χ1v) is 6.09. The third kappa shape index (κ3) is 2.83. The molecule has 2 rings (SSSR count). The van der Waals surface area contributed by atoms with E-state index in [4.69, 9.17) is 17.3 Å². The number of para-hydroxylation sites is 1. The predicted molar refractivity (Wildman–Crippen MR) is 76.9 cm³/mol. The van der Waals surface area contributed by atoms with E-state index in [0.717, 1.165) is 0 Å². The van der Waals surface area contributed by atoms with Gasteiger partial charge in [-0.05, 0) is 30.3 Å². The average molecular weight is 295 g/mol. The molecule has 0 aliphatic heterocycles. The molecule has 0 heterocycles. The van der Waals surface area contributed by atoms with Crippen LogP contribution < -0.4 is 11.1 Å². The van der Waals surface area contributed by atoms with E-state index in [1.165, 1.54) is 19.2 Å². The summed E-state index contributed by atoms with van der Waals surface area (Å²) in [4.78, 5) is 11.7. The van der Waals surface area contributed by atoms with E-state index in [0.29, 0.717) is 17.1 Å². The normalized spacial score (nSPS) is 10.2. The van der Waals surface area contributed by atoms with Crippen molar-refractivity contribution >= 4 is 34.6 Å². The molecule has 4 nitrogen and oxygen atoms in total. The van der Waals surface area contributed by atoms with E-state index in [9.17, 15) is 9.18 Å². The lowest BCUT2D eigenvalue weighted by Gasteiger charge is -2.13. The highest BCUT2D eigenvalue weighted by Gasteiger charge is 2.14. The minimum atomic E-state index is -0.564. The van der Waals surface area contributed by atoms with Crippen LogP contribution in [0.2, 0.25) is 5.02 Å². The van der Waals surface area contributed by atoms with E-state index in [1.807, 2.05) is 0 Å². The number of carbonyl (C=O) groups excluding carboxylic acids is 1. The summed E-state index contributed by atoms with van der Waals surface area (Å²) in [5.41, 5.74) is 7.24. The summed E-state index contributed by atoms with van der Waals surface area (Å²) in [5.74, 6) is -1.10. The molecule has 0 atom stereocenters. The van der Waals surface area contributed by atoms with Crippen molar-refractivity contribution in [2.24, 2.45) is 0 Å². The highest BCUT2D eigenvalue weighted by atomic mass is 35.5. The molecule has 0 unspecified atom stereocenters. The highest BCUT2D eigenvalue weighted by Crippen LogP contribution is 2.29. The van der Waals surface area contributed by atoms with Crippen molar-refractivity contribution in [1.29, 1.82) is 0 Å². The molecule has 104 valence electrons. The van der Waals surface area contributed by atoms with Crippen molar-refractivity contribution in [2.75, 3.05) is 18.2 Å². The fourth-order valence-electron chi connectivity index (χ4n) is 1.71. The van der Waals surface area contributed by atoms with Gasteiger partial charge in [-0.2, -0.15) is 0 Å². The second kappa shape index (κ2) is 5.79. The van der Waals surface area contributed by atoms with Gasteiger partial charge in [-0.15, -0.1) is 0 Å². The number of esters is 1. The first-order chi connectivity index (χ1) is 9.52. The standard InChI is InChI=1S/C14H12ClFN2O2/c1-20-14(19)9-3-2-4-12(17)13(9)18-8-5-6-10(15)11(16)7-8/h2-7,18H,17H2,1H3. The van der Waals surface area contributed by atoms with Gasteiger partial charge in [-0.25, -0.2) is 9.18 Å². The Morgan fingerprint density at radius 3 is 2.75 bits per heavy atom. The molecule has 2 aromatic carbocycles. The average Bonchev–Trinajstić information content (AvgIpc) is 2.44. The molecule has 0 aliphatic rings. The Labute approximate surface area is 120 Å². The van der Waals surface area contributed by atoms with Crippen molar-refractivity contribution in [3.8, 4) is 0 Å². The van der Waals surface area contributed by atoms with Crippen LogP contribution in [-0.2, 0) is 4.74 Å². The molecule has 20 heavy (non-hydrogen) atoms. The predicted octanol–water partition coefficient (Wildman–Crippen LogP) is 3.59. The number of benzene rings is 2. The monoisotopic (exact) mass is 294 g/mol. The molecule has 2 aromatic rings. The molecule has 0 saturated heterocycles. The summed E-state index contributed by atoms with van der Waals surface area (Å²) in [5, 5.41) is 2.92. The third-order valence-electron chi connectivity index (χ3n) is 2.69. The fourth-order valence-corrected chi connectivity index (χ4v) is 1.83. The number of hydrogen-bond donors (Lipinski definition) is 2. The zero-order chi connectivity index (χ0) is 14.7. The fraction of sp³-hybridized carbons (Fsp3) is 0.0714. The molecule has 0 aromatic heterocycles. The topological polar surface area (TPSA) is 64.3 Å². The molecule has 3 N–H and O–H groups in total. The van der Waals surface area contributed by atoms with E-state index in [1.54, 1.807) is 24.3 Å². The maximum absolute atomic E-state index is 13.4. The number of anilines is 3. The number of halogens is 2. The summed E-state index contributed by atoms with van der Waals surface area (Å²) in [7, 11) is 1.28. The minimum Gasteiger partial charge on any atom is -0.465 e. The SMILES string of the molecule is COC(=O)c1cccc(N)c1Nc1ccc(Cl)c(F)c1. The second-order valence-electron chi connectivity index (χ2n) is 4.02. The van der Waals surface area contributed by atoms with Gasteiger partial charge in [-0.3, -0.25) is 0 Å². The molecule has 0 aliphatic carbocycles.